The van der Waals surface area contributed by atoms with Gasteiger partial charge in [-0.25, -0.2) is 0 Å². The molecule has 0 aromatic rings. The van der Waals surface area contributed by atoms with Gasteiger partial charge in [-0.3, -0.25) is 9.11 Å². The van der Waals surface area contributed by atoms with Crippen LogP contribution in [0, 0.1) is 0 Å². The van der Waals surface area contributed by atoms with Gasteiger partial charge in [0.2, 0.25) is 0 Å². The zero-order chi connectivity index (χ0) is 9.84. The maximum absolute atomic E-state index is 10.9. The molecule has 1 saturated heterocycles. The molecule has 3 atom stereocenters. The van der Waals surface area contributed by atoms with E-state index in [0.29, 0.717) is 12.1 Å². The maximum atomic E-state index is 10.9. The summed E-state index contributed by atoms with van der Waals surface area (Å²) in [6.07, 6.45) is 3.93. The summed E-state index contributed by atoms with van der Waals surface area (Å²) in [5, 5.41) is 0. The molecule has 4 heteroatoms. The highest BCUT2D eigenvalue weighted by molar-refractivity contribution is 7.84. The quantitative estimate of drug-likeness (QED) is 0.713. The van der Waals surface area contributed by atoms with Crippen LogP contribution in [0.15, 0.2) is 0 Å². The van der Waals surface area contributed by atoms with Gasteiger partial charge in [-0.2, -0.15) is 0 Å². The molecule has 13 heavy (non-hydrogen) atoms. The summed E-state index contributed by atoms with van der Waals surface area (Å²) in [5.41, 5.74) is 5.86. The lowest BCUT2D eigenvalue weighted by Gasteiger charge is -2.36. The topological polar surface area (TPSA) is 46.3 Å². The van der Waals surface area contributed by atoms with Crippen LogP contribution >= 0.6 is 0 Å². The summed E-state index contributed by atoms with van der Waals surface area (Å²) in [4.78, 5) is 2.39. The second kappa shape index (κ2) is 5.08. The molecule has 0 aromatic carbocycles. The van der Waals surface area contributed by atoms with Gasteiger partial charge in [0.15, 0.2) is 0 Å². The molecular formula is C9H20N2OS. The number of hydrogen-bond acceptors (Lipinski definition) is 3. The Kier molecular flexibility index (Phi) is 4.35. The smallest absolute Gasteiger partial charge is 0.0359 e. The van der Waals surface area contributed by atoms with Crippen LogP contribution in [0.4, 0.5) is 0 Å². The highest BCUT2D eigenvalue weighted by Crippen LogP contribution is 2.15. The Morgan fingerprint density at radius 3 is 2.85 bits per heavy atom. The van der Waals surface area contributed by atoms with E-state index in [9.17, 15) is 4.21 Å². The van der Waals surface area contributed by atoms with Gasteiger partial charge < -0.3 is 5.73 Å². The van der Waals surface area contributed by atoms with Crippen LogP contribution in [-0.2, 0) is 10.8 Å². The molecule has 0 aliphatic carbocycles. The molecule has 1 fully saturated rings. The lowest BCUT2D eigenvalue weighted by atomic mass is 9.99. The molecule has 78 valence electrons. The molecule has 1 heterocycles. The Labute approximate surface area is 83.1 Å². The zero-order valence-corrected chi connectivity index (χ0v) is 9.35. The molecule has 1 rings (SSSR count). The van der Waals surface area contributed by atoms with Crippen LogP contribution < -0.4 is 5.73 Å². The first-order valence-electron chi connectivity index (χ1n) is 4.89. The van der Waals surface area contributed by atoms with Gasteiger partial charge in [0, 0.05) is 41.4 Å². The van der Waals surface area contributed by atoms with Crippen LogP contribution in [0.1, 0.15) is 19.8 Å². The SMILES string of the molecule is CC1CC(N)CCN1CCS(C)=O. The summed E-state index contributed by atoms with van der Waals surface area (Å²) in [6.45, 7) is 4.23. The van der Waals surface area contributed by atoms with Gasteiger partial charge in [-0.1, -0.05) is 0 Å². The Morgan fingerprint density at radius 2 is 2.31 bits per heavy atom. The number of nitrogens with zero attached hydrogens (tertiary/aromatic N) is 1. The fourth-order valence-corrected chi connectivity index (χ4v) is 2.33. The Hall–Kier alpha value is 0.0700. The standard InChI is InChI=1S/C9H20N2OS/c1-8-7-9(10)3-4-11(8)5-6-13(2)12/h8-9H,3-7,10H2,1-2H3. The number of rotatable bonds is 3. The molecule has 0 bridgehead atoms. The average molecular weight is 204 g/mol. The number of piperidine rings is 1. The van der Waals surface area contributed by atoms with Crippen molar-refractivity contribution in [3.8, 4) is 0 Å². The molecule has 2 N–H and O–H groups in total. The van der Waals surface area contributed by atoms with E-state index in [1.54, 1.807) is 6.26 Å². The lowest BCUT2D eigenvalue weighted by molar-refractivity contribution is 0.157. The number of nitrogens with two attached hydrogens (primary N) is 1. The number of likely N-dealkylation sites (tertiary alicyclic amines) is 1. The van der Waals surface area contributed by atoms with E-state index in [4.69, 9.17) is 5.73 Å². The third-order valence-electron chi connectivity index (χ3n) is 2.72. The molecule has 1 aliphatic heterocycles. The first-order valence-corrected chi connectivity index (χ1v) is 6.62. The van der Waals surface area contributed by atoms with Gasteiger partial charge in [0.1, 0.15) is 0 Å². The van der Waals surface area contributed by atoms with Gasteiger partial charge in [0.05, 0.1) is 0 Å². The van der Waals surface area contributed by atoms with Gasteiger partial charge in [0.25, 0.3) is 0 Å². The van der Waals surface area contributed by atoms with Crippen molar-refractivity contribution in [1.29, 1.82) is 0 Å². The molecule has 3 unspecified atom stereocenters. The van der Waals surface area contributed by atoms with E-state index in [-0.39, 0.29) is 0 Å². The van der Waals surface area contributed by atoms with E-state index in [1.165, 1.54) is 0 Å². The van der Waals surface area contributed by atoms with Crippen LogP contribution in [0.5, 0.6) is 0 Å². The van der Waals surface area contributed by atoms with Crippen molar-refractivity contribution >= 4 is 10.8 Å². The normalized spacial score (nSPS) is 33.2. The highest BCUT2D eigenvalue weighted by Gasteiger charge is 2.22. The van der Waals surface area contributed by atoms with Crippen molar-refractivity contribution in [2.24, 2.45) is 5.73 Å². The minimum Gasteiger partial charge on any atom is -0.328 e. The summed E-state index contributed by atoms with van der Waals surface area (Å²) in [6, 6.07) is 0.936. The van der Waals surface area contributed by atoms with Crippen LogP contribution in [0.2, 0.25) is 0 Å². The molecule has 1 aliphatic rings. The van der Waals surface area contributed by atoms with Crippen LogP contribution in [0.3, 0.4) is 0 Å². The fourth-order valence-electron chi connectivity index (χ4n) is 1.84. The largest absolute Gasteiger partial charge is 0.328 e. The first kappa shape index (κ1) is 11.1. The predicted octanol–water partition coefficient (Wildman–Crippen LogP) is 0.177. The lowest BCUT2D eigenvalue weighted by Crippen LogP contribution is -2.46. The second-order valence-corrected chi connectivity index (χ2v) is 5.50. The zero-order valence-electron chi connectivity index (χ0n) is 8.53. The second-order valence-electron chi connectivity index (χ2n) is 3.95. The number of hydrogen-bond donors (Lipinski definition) is 1. The van der Waals surface area contributed by atoms with Crippen molar-refractivity contribution in [2.75, 3.05) is 25.1 Å². The van der Waals surface area contributed by atoms with E-state index >= 15 is 0 Å². The molecule has 0 amide bonds. The van der Waals surface area contributed by atoms with E-state index in [0.717, 1.165) is 31.7 Å². The van der Waals surface area contributed by atoms with Crippen molar-refractivity contribution < 1.29 is 4.21 Å². The molecule has 3 nitrogen and oxygen atoms in total. The molecule has 0 radical (unpaired) electrons. The first-order chi connectivity index (χ1) is 6.09. The molecule has 0 aromatic heterocycles. The van der Waals surface area contributed by atoms with E-state index < -0.39 is 10.8 Å². The molecular weight excluding hydrogens is 184 g/mol. The third kappa shape index (κ3) is 3.75. The van der Waals surface area contributed by atoms with E-state index in [1.807, 2.05) is 0 Å². The average Bonchev–Trinajstić information content (AvgIpc) is 2.02. The van der Waals surface area contributed by atoms with E-state index in [2.05, 4.69) is 11.8 Å². The molecule has 0 saturated carbocycles. The Balaban J connectivity index is 2.29. The highest BCUT2D eigenvalue weighted by atomic mass is 32.2. The minimum absolute atomic E-state index is 0.373. The van der Waals surface area contributed by atoms with Crippen LogP contribution in [-0.4, -0.2) is 46.3 Å². The minimum atomic E-state index is -0.664. The predicted molar refractivity (Wildman–Crippen MR) is 57.2 cm³/mol. The molecule has 0 spiro atoms. The maximum Gasteiger partial charge on any atom is 0.0359 e. The van der Waals surface area contributed by atoms with Gasteiger partial charge in [-0.15, -0.1) is 0 Å². The van der Waals surface area contributed by atoms with Gasteiger partial charge >= 0.3 is 0 Å². The summed E-state index contributed by atoms with van der Waals surface area (Å²) < 4.78 is 10.9. The summed E-state index contributed by atoms with van der Waals surface area (Å²) >= 11 is 0. The Morgan fingerprint density at radius 1 is 1.62 bits per heavy atom. The van der Waals surface area contributed by atoms with Crippen molar-refractivity contribution in [3.05, 3.63) is 0 Å². The summed E-state index contributed by atoms with van der Waals surface area (Å²) in [5.74, 6) is 0.791. The van der Waals surface area contributed by atoms with Crippen LogP contribution in [0.25, 0.3) is 0 Å². The Bertz CT molecular complexity index is 186. The summed E-state index contributed by atoms with van der Waals surface area (Å²) in [7, 11) is -0.664. The van der Waals surface area contributed by atoms with Crippen molar-refractivity contribution in [3.63, 3.8) is 0 Å². The monoisotopic (exact) mass is 204 g/mol. The van der Waals surface area contributed by atoms with Crippen molar-refractivity contribution in [2.45, 2.75) is 31.8 Å². The van der Waals surface area contributed by atoms with Crippen molar-refractivity contribution in [1.82, 2.24) is 4.90 Å². The third-order valence-corrected chi connectivity index (χ3v) is 3.48. The fraction of sp³-hybridized carbons (Fsp3) is 1.00. The van der Waals surface area contributed by atoms with Gasteiger partial charge in [-0.05, 0) is 26.3 Å².